The van der Waals surface area contributed by atoms with Crippen LogP contribution >= 0.6 is 11.6 Å². The van der Waals surface area contributed by atoms with Gasteiger partial charge in [0.05, 0.1) is 11.8 Å². The Morgan fingerprint density at radius 3 is 2.92 bits per heavy atom. The van der Waals surface area contributed by atoms with Gasteiger partial charge in [-0.15, -0.1) is 0 Å². The Bertz CT molecular complexity index is 763. The lowest BCUT2D eigenvalue weighted by Crippen LogP contribution is -2.37. The minimum atomic E-state index is -2.21. The SMILES string of the molecule is O=C(CCc1c(F)cccc1Cl)[C@]1(F)CC[C@H](O)c2ncccc21. The molecule has 0 unspecified atom stereocenters. The van der Waals surface area contributed by atoms with E-state index in [1.807, 2.05) is 0 Å². The third-order valence-electron chi connectivity index (χ3n) is 4.45. The Balaban J connectivity index is 1.84. The van der Waals surface area contributed by atoms with Gasteiger partial charge >= 0.3 is 0 Å². The molecule has 24 heavy (non-hydrogen) atoms. The van der Waals surface area contributed by atoms with E-state index in [1.54, 1.807) is 0 Å². The molecule has 6 heteroatoms. The molecule has 2 aromatic rings. The maximum absolute atomic E-state index is 15.4. The van der Waals surface area contributed by atoms with Crippen molar-refractivity contribution in [3.63, 3.8) is 0 Å². The van der Waals surface area contributed by atoms with Crippen LogP contribution in [0.4, 0.5) is 8.78 Å². The smallest absolute Gasteiger partial charge is 0.195 e. The quantitative estimate of drug-likeness (QED) is 0.903. The van der Waals surface area contributed by atoms with Crippen LogP contribution in [0, 0.1) is 5.82 Å². The number of Topliss-reactive ketones (excluding diaryl/α,β-unsaturated/α-hetero) is 1. The van der Waals surface area contributed by atoms with Crippen LogP contribution in [0.15, 0.2) is 36.5 Å². The van der Waals surface area contributed by atoms with E-state index >= 15 is 4.39 Å². The van der Waals surface area contributed by atoms with Gasteiger partial charge in [-0.05, 0) is 37.5 Å². The van der Waals surface area contributed by atoms with Gasteiger partial charge in [-0.1, -0.05) is 23.7 Å². The number of hydrogen-bond acceptors (Lipinski definition) is 3. The molecule has 3 rings (SSSR count). The molecule has 0 aliphatic heterocycles. The highest BCUT2D eigenvalue weighted by Crippen LogP contribution is 2.43. The van der Waals surface area contributed by atoms with Gasteiger partial charge in [-0.3, -0.25) is 9.78 Å². The Labute approximate surface area is 143 Å². The number of alkyl halides is 1. The number of halogens is 3. The second kappa shape index (κ2) is 6.57. The standard InChI is InChI=1S/C18H16ClF2NO2/c19-13-4-1-5-14(20)11(13)6-7-16(24)18(21)9-8-15(23)17-12(18)3-2-10-22-17/h1-5,10,15,23H,6-9H2/t15-,18-/m0/s1. The summed E-state index contributed by atoms with van der Waals surface area (Å²) >= 11 is 5.95. The lowest BCUT2D eigenvalue weighted by Gasteiger charge is -2.32. The topological polar surface area (TPSA) is 50.2 Å². The highest BCUT2D eigenvalue weighted by Gasteiger charge is 2.45. The molecule has 1 heterocycles. The number of rotatable bonds is 4. The Morgan fingerprint density at radius 2 is 2.17 bits per heavy atom. The number of carbonyl (C=O) groups is 1. The summed E-state index contributed by atoms with van der Waals surface area (Å²) in [6.45, 7) is 0. The van der Waals surface area contributed by atoms with E-state index in [4.69, 9.17) is 11.6 Å². The molecule has 0 bridgehead atoms. The zero-order chi connectivity index (χ0) is 17.3. The zero-order valence-electron chi connectivity index (χ0n) is 12.8. The molecule has 0 fully saturated rings. The molecular weight excluding hydrogens is 336 g/mol. The Hall–Kier alpha value is -1.85. The van der Waals surface area contributed by atoms with Gasteiger partial charge in [0.25, 0.3) is 0 Å². The molecule has 1 aliphatic rings. The summed E-state index contributed by atoms with van der Waals surface area (Å²) in [4.78, 5) is 16.5. The molecule has 0 spiro atoms. The van der Waals surface area contributed by atoms with Crippen LogP contribution in [0.2, 0.25) is 5.02 Å². The molecule has 0 radical (unpaired) electrons. The molecule has 0 saturated carbocycles. The third-order valence-corrected chi connectivity index (χ3v) is 4.80. The van der Waals surface area contributed by atoms with E-state index < -0.39 is 23.4 Å². The minimum Gasteiger partial charge on any atom is -0.387 e. The summed E-state index contributed by atoms with van der Waals surface area (Å²) < 4.78 is 29.2. The van der Waals surface area contributed by atoms with E-state index in [0.29, 0.717) is 0 Å². The minimum absolute atomic E-state index is 0.0220. The molecule has 126 valence electrons. The number of benzene rings is 1. The summed E-state index contributed by atoms with van der Waals surface area (Å²) in [5, 5.41) is 10.2. The van der Waals surface area contributed by atoms with E-state index in [9.17, 15) is 14.3 Å². The first-order valence-electron chi connectivity index (χ1n) is 7.72. The van der Waals surface area contributed by atoms with Crippen molar-refractivity contribution in [2.45, 2.75) is 37.5 Å². The first-order valence-corrected chi connectivity index (χ1v) is 8.10. The number of fused-ring (bicyclic) bond motifs is 1. The fraction of sp³-hybridized carbons (Fsp3) is 0.333. The van der Waals surface area contributed by atoms with Gasteiger partial charge in [0.15, 0.2) is 11.5 Å². The molecule has 1 aliphatic carbocycles. The maximum atomic E-state index is 15.4. The molecule has 0 saturated heterocycles. The summed E-state index contributed by atoms with van der Waals surface area (Å²) in [5.74, 6) is -1.16. The van der Waals surface area contributed by atoms with Crippen LogP contribution < -0.4 is 0 Å². The van der Waals surface area contributed by atoms with Crippen LogP contribution in [-0.4, -0.2) is 15.9 Å². The van der Waals surface area contributed by atoms with Crippen LogP contribution in [0.25, 0.3) is 0 Å². The van der Waals surface area contributed by atoms with Crippen molar-refractivity contribution in [1.82, 2.24) is 4.98 Å². The maximum Gasteiger partial charge on any atom is 0.195 e. The average molecular weight is 352 g/mol. The predicted molar refractivity (Wildman–Crippen MR) is 86.0 cm³/mol. The third kappa shape index (κ3) is 2.94. The molecule has 3 nitrogen and oxygen atoms in total. The normalized spacial score (nSPS) is 22.9. The first kappa shape index (κ1) is 17.0. The van der Waals surface area contributed by atoms with Gasteiger partial charge in [0.1, 0.15) is 5.82 Å². The molecule has 1 aromatic heterocycles. The molecule has 1 aromatic carbocycles. The second-order valence-electron chi connectivity index (χ2n) is 5.92. The Kier molecular flexibility index (Phi) is 4.65. The van der Waals surface area contributed by atoms with Crippen molar-refractivity contribution < 1.29 is 18.7 Å². The van der Waals surface area contributed by atoms with Gasteiger partial charge in [0, 0.05) is 28.8 Å². The molecule has 1 N–H and O–H groups in total. The van der Waals surface area contributed by atoms with Gasteiger partial charge in [0.2, 0.25) is 0 Å². The second-order valence-corrected chi connectivity index (χ2v) is 6.32. The first-order chi connectivity index (χ1) is 11.4. The Morgan fingerprint density at radius 1 is 1.38 bits per heavy atom. The lowest BCUT2D eigenvalue weighted by molar-refractivity contribution is -0.133. The van der Waals surface area contributed by atoms with Crippen molar-refractivity contribution in [2.75, 3.05) is 0 Å². The van der Waals surface area contributed by atoms with Crippen LogP contribution in [-0.2, 0) is 16.9 Å². The number of hydrogen-bond donors (Lipinski definition) is 1. The fourth-order valence-electron chi connectivity index (χ4n) is 3.12. The summed E-state index contributed by atoms with van der Waals surface area (Å²) in [6, 6.07) is 7.27. The van der Waals surface area contributed by atoms with Gasteiger partial charge < -0.3 is 5.11 Å². The van der Waals surface area contributed by atoms with Crippen LogP contribution in [0.5, 0.6) is 0 Å². The van der Waals surface area contributed by atoms with Crippen LogP contribution in [0.1, 0.15) is 42.2 Å². The average Bonchev–Trinajstić information content (AvgIpc) is 2.58. The molecule has 2 atom stereocenters. The monoisotopic (exact) mass is 351 g/mol. The number of pyridine rings is 1. The zero-order valence-corrected chi connectivity index (χ0v) is 13.6. The number of aliphatic hydroxyl groups is 1. The van der Waals surface area contributed by atoms with Crippen LogP contribution in [0.3, 0.4) is 0 Å². The van der Waals surface area contributed by atoms with Crippen molar-refractivity contribution in [1.29, 1.82) is 0 Å². The molecule has 0 amide bonds. The van der Waals surface area contributed by atoms with E-state index in [-0.39, 0.29) is 47.5 Å². The number of carbonyl (C=O) groups excluding carboxylic acids is 1. The van der Waals surface area contributed by atoms with Crippen molar-refractivity contribution in [3.05, 3.63) is 64.2 Å². The lowest BCUT2D eigenvalue weighted by atomic mass is 9.77. The van der Waals surface area contributed by atoms with Crippen molar-refractivity contribution in [3.8, 4) is 0 Å². The largest absolute Gasteiger partial charge is 0.387 e. The van der Waals surface area contributed by atoms with E-state index in [2.05, 4.69) is 4.98 Å². The highest BCUT2D eigenvalue weighted by molar-refractivity contribution is 6.31. The summed E-state index contributed by atoms with van der Waals surface area (Å²) in [5.41, 5.74) is -1.70. The fourth-order valence-corrected chi connectivity index (χ4v) is 3.38. The van der Waals surface area contributed by atoms with E-state index in [0.717, 1.165) is 0 Å². The van der Waals surface area contributed by atoms with Gasteiger partial charge in [-0.2, -0.15) is 0 Å². The van der Waals surface area contributed by atoms with Gasteiger partial charge in [-0.25, -0.2) is 8.78 Å². The number of ketones is 1. The summed E-state index contributed by atoms with van der Waals surface area (Å²) in [7, 11) is 0. The summed E-state index contributed by atoms with van der Waals surface area (Å²) in [6.07, 6.45) is 0.426. The highest BCUT2D eigenvalue weighted by atomic mass is 35.5. The van der Waals surface area contributed by atoms with Crippen molar-refractivity contribution in [2.24, 2.45) is 0 Å². The number of nitrogens with zero attached hydrogens (tertiary/aromatic N) is 1. The number of aromatic nitrogens is 1. The van der Waals surface area contributed by atoms with Crippen molar-refractivity contribution >= 4 is 17.4 Å². The molecular formula is C18H16ClF2NO2. The predicted octanol–water partition coefficient (Wildman–Crippen LogP) is 4.07. The van der Waals surface area contributed by atoms with E-state index in [1.165, 1.54) is 36.5 Å². The number of aliphatic hydroxyl groups excluding tert-OH is 1.